The normalized spacial score (nSPS) is 10.5. The third kappa shape index (κ3) is 2.48. The first kappa shape index (κ1) is 12.1. The summed E-state index contributed by atoms with van der Waals surface area (Å²) in [7, 11) is 0. The predicted molar refractivity (Wildman–Crippen MR) is 66.8 cm³/mol. The predicted octanol–water partition coefficient (Wildman–Crippen LogP) is -0.293. The number of aryl methyl sites for hydroxylation is 3. The van der Waals surface area contributed by atoms with Crippen LogP contribution in [0.5, 0.6) is 0 Å². The quantitative estimate of drug-likeness (QED) is 0.809. The lowest BCUT2D eigenvalue weighted by molar-refractivity contribution is 0.541. The number of aromatic amines is 1. The first-order valence-electron chi connectivity index (χ1n) is 5.54. The Labute approximate surface area is 102 Å². The van der Waals surface area contributed by atoms with Crippen LogP contribution in [0.1, 0.15) is 5.56 Å². The average Bonchev–Trinajstić information content (AvgIpc) is 2.34. The van der Waals surface area contributed by atoms with Gasteiger partial charge < -0.3 is 4.57 Å². The maximum Gasteiger partial charge on any atom is 0.328 e. The molecule has 0 saturated carbocycles. The van der Waals surface area contributed by atoms with Crippen molar-refractivity contribution >= 4 is 0 Å². The molecule has 2 heterocycles. The van der Waals surface area contributed by atoms with Gasteiger partial charge in [-0.1, -0.05) is 6.07 Å². The Bertz CT molecular complexity index is 724. The van der Waals surface area contributed by atoms with Crippen molar-refractivity contribution in [2.75, 3.05) is 0 Å². The van der Waals surface area contributed by atoms with Gasteiger partial charge in [-0.2, -0.15) is 0 Å². The van der Waals surface area contributed by atoms with Crippen LogP contribution in [0.25, 0.3) is 0 Å². The summed E-state index contributed by atoms with van der Waals surface area (Å²) in [5, 5.41) is 0. The summed E-state index contributed by atoms with van der Waals surface area (Å²) < 4.78 is 2.89. The Morgan fingerprint density at radius 1 is 1.11 bits per heavy atom. The van der Waals surface area contributed by atoms with E-state index in [9.17, 15) is 14.4 Å². The molecule has 0 fully saturated rings. The first-order chi connectivity index (χ1) is 8.58. The van der Waals surface area contributed by atoms with Gasteiger partial charge in [-0.25, -0.2) is 4.79 Å². The Balaban J connectivity index is 2.24. The van der Waals surface area contributed by atoms with Crippen LogP contribution in [0.2, 0.25) is 0 Å². The van der Waals surface area contributed by atoms with E-state index in [0.717, 1.165) is 0 Å². The smallest absolute Gasteiger partial charge is 0.314 e. The van der Waals surface area contributed by atoms with E-state index < -0.39 is 5.69 Å². The largest absolute Gasteiger partial charge is 0.328 e. The van der Waals surface area contributed by atoms with Gasteiger partial charge in [0.05, 0.1) is 0 Å². The minimum absolute atomic E-state index is 0.119. The Morgan fingerprint density at radius 2 is 1.83 bits per heavy atom. The number of nitrogens with zero attached hydrogens (tertiary/aromatic N) is 2. The van der Waals surface area contributed by atoms with Crippen LogP contribution in [0, 0.1) is 6.92 Å². The molecule has 0 amide bonds. The molecule has 94 valence electrons. The second-order valence-corrected chi connectivity index (χ2v) is 4.00. The van der Waals surface area contributed by atoms with Crippen molar-refractivity contribution < 1.29 is 0 Å². The summed E-state index contributed by atoms with van der Waals surface area (Å²) in [6.45, 7) is 2.34. The van der Waals surface area contributed by atoms with E-state index in [1.165, 1.54) is 21.4 Å². The Kier molecular flexibility index (Phi) is 3.27. The maximum absolute atomic E-state index is 11.5. The van der Waals surface area contributed by atoms with Crippen molar-refractivity contribution in [2.45, 2.75) is 20.0 Å². The summed E-state index contributed by atoms with van der Waals surface area (Å²) in [5.74, 6) is 0. The minimum atomic E-state index is -0.463. The monoisotopic (exact) mass is 247 g/mol. The molecule has 6 heteroatoms. The second-order valence-electron chi connectivity index (χ2n) is 4.00. The van der Waals surface area contributed by atoms with Gasteiger partial charge in [-0.3, -0.25) is 19.1 Å². The topological polar surface area (TPSA) is 76.9 Å². The molecule has 18 heavy (non-hydrogen) atoms. The molecule has 0 aliphatic carbocycles. The molecular weight excluding hydrogens is 234 g/mol. The molecule has 0 atom stereocenters. The third-order valence-corrected chi connectivity index (χ3v) is 2.67. The van der Waals surface area contributed by atoms with Crippen LogP contribution < -0.4 is 16.8 Å². The fraction of sp³-hybridized carbons (Fsp3) is 0.250. The fourth-order valence-electron chi connectivity index (χ4n) is 1.65. The number of aromatic nitrogens is 3. The summed E-state index contributed by atoms with van der Waals surface area (Å²) >= 11 is 0. The van der Waals surface area contributed by atoms with Crippen molar-refractivity contribution in [1.82, 2.24) is 14.1 Å². The zero-order chi connectivity index (χ0) is 13.1. The molecule has 1 N–H and O–H groups in total. The number of rotatable bonds is 3. The van der Waals surface area contributed by atoms with E-state index in [0.29, 0.717) is 18.7 Å². The summed E-state index contributed by atoms with van der Waals surface area (Å²) in [6, 6.07) is 4.87. The highest BCUT2D eigenvalue weighted by molar-refractivity contribution is 5.00. The van der Waals surface area contributed by atoms with E-state index in [2.05, 4.69) is 4.98 Å². The van der Waals surface area contributed by atoms with Crippen molar-refractivity contribution in [2.24, 2.45) is 0 Å². The van der Waals surface area contributed by atoms with Gasteiger partial charge in [0.25, 0.3) is 11.1 Å². The van der Waals surface area contributed by atoms with Crippen LogP contribution in [0.15, 0.2) is 45.0 Å². The van der Waals surface area contributed by atoms with Crippen molar-refractivity contribution in [3.8, 4) is 0 Å². The molecule has 6 nitrogen and oxygen atoms in total. The minimum Gasteiger partial charge on any atom is -0.314 e. The zero-order valence-corrected chi connectivity index (χ0v) is 9.92. The van der Waals surface area contributed by atoms with Crippen LogP contribution in [-0.4, -0.2) is 14.1 Å². The zero-order valence-electron chi connectivity index (χ0n) is 9.92. The lowest BCUT2D eigenvalue weighted by atomic mass is 10.4. The summed E-state index contributed by atoms with van der Waals surface area (Å²) in [4.78, 5) is 36.4. The Morgan fingerprint density at radius 3 is 2.56 bits per heavy atom. The molecule has 0 bridgehead atoms. The van der Waals surface area contributed by atoms with Gasteiger partial charge in [0.15, 0.2) is 0 Å². The SMILES string of the molecule is Cc1cn(CCn2ccccc2=O)c(=O)[nH]c1=O. The summed E-state index contributed by atoms with van der Waals surface area (Å²) in [6.07, 6.45) is 3.15. The fourth-order valence-corrected chi connectivity index (χ4v) is 1.65. The highest BCUT2D eigenvalue weighted by atomic mass is 16.2. The first-order valence-corrected chi connectivity index (χ1v) is 5.54. The number of H-pyrrole nitrogens is 1. The van der Waals surface area contributed by atoms with Gasteiger partial charge >= 0.3 is 5.69 Å². The number of nitrogens with one attached hydrogen (secondary N) is 1. The lowest BCUT2D eigenvalue weighted by Gasteiger charge is -2.07. The number of pyridine rings is 1. The highest BCUT2D eigenvalue weighted by Gasteiger charge is 2.01. The van der Waals surface area contributed by atoms with E-state index in [4.69, 9.17) is 0 Å². The molecule has 0 aliphatic rings. The molecular formula is C12H13N3O3. The van der Waals surface area contributed by atoms with Gasteiger partial charge in [0.2, 0.25) is 0 Å². The molecule has 2 rings (SSSR count). The molecule has 0 radical (unpaired) electrons. The highest BCUT2D eigenvalue weighted by Crippen LogP contribution is 1.88. The van der Waals surface area contributed by atoms with Crippen LogP contribution in [-0.2, 0) is 13.1 Å². The second kappa shape index (κ2) is 4.87. The van der Waals surface area contributed by atoms with Crippen molar-refractivity contribution in [3.63, 3.8) is 0 Å². The average molecular weight is 247 g/mol. The molecule has 0 saturated heterocycles. The third-order valence-electron chi connectivity index (χ3n) is 2.67. The van der Waals surface area contributed by atoms with Crippen LogP contribution >= 0.6 is 0 Å². The van der Waals surface area contributed by atoms with E-state index >= 15 is 0 Å². The standard InChI is InChI=1S/C12H13N3O3/c1-9-8-15(12(18)13-11(9)17)7-6-14-5-3-2-4-10(14)16/h2-5,8H,6-7H2,1H3,(H,13,17,18). The Hall–Kier alpha value is -2.37. The van der Waals surface area contributed by atoms with E-state index in [1.54, 1.807) is 25.3 Å². The molecule has 0 spiro atoms. The van der Waals surface area contributed by atoms with Gasteiger partial charge in [-0.15, -0.1) is 0 Å². The lowest BCUT2D eigenvalue weighted by Crippen LogP contribution is -2.32. The summed E-state index contributed by atoms with van der Waals surface area (Å²) in [5.41, 5.74) is -0.496. The van der Waals surface area contributed by atoms with E-state index in [-0.39, 0.29) is 11.1 Å². The van der Waals surface area contributed by atoms with Crippen molar-refractivity contribution in [1.29, 1.82) is 0 Å². The van der Waals surface area contributed by atoms with Crippen LogP contribution in [0.3, 0.4) is 0 Å². The number of hydrogen-bond acceptors (Lipinski definition) is 3. The maximum atomic E-state index is 11.5. The van der Waals surface area contributed by atoms with Gasteiger partial charge in [-0.05, 0) is 13.0 Å². The van der Waals surface area contributed by atoms with Crippen molar-refractivity contribution in [3.05, 3.63) is 67.3 Å². The molecule has 0 aromatic carbocycles. The van der Waals surface area contributed by atoms with Gasteiger partial charge in [0.1, 0.15) is 0 Å². The molecule has 2 aromatic rings. The van der Waals surface area contributed by atoms with Crippen LogP contribution in [0.4, 0.5) is 0 Å². The molecule has 0 aliphatic heterocycles. The van der Waals surface area contributed by atoms with Gasteiger partial charge in [0, 0.05) is 37.1 Å². The molecule has 2 aromatic heterocycles. The van der Waals surface area contributed by atoms with E-state index in [1.807, 2.05) is 0 Å². The number of hydrogen-bond donors (Lipinski definition) is 1. The molecule has 0 unspecified atom stereocenters.